The maximum Gasteiger partial charge on any atom is 0.274 e. The highest BCUT2D eigenvalue weighted by molar-refractivity contribution is 5.93. The Morgan fingerprint density at radius 3 is 2.95 bits per heavy atom. The number of nitrogens with one attached hydrogen (secondary N) is 1. The van der Waals surface area contributed by atoms with Gasteiger partial charge in [-0.1, -0.05) is 0 Å². The molecule has 0 fully saturated rings. The van der Waals surface area contributed by atoms with Gasteiger partial charge in [-0.15, -0.1) is 0 Å². The molecule has 6 nitrogen and oxygen atoms in total. The van der Waals surface area contributed by atoms with Crippen LogP contribution in [0.5, 0.6) is 0 Å². The van der Waals surface area contributed by atoms with E-state index >= 15 is 0 Å². The monoisotopic (exact) mass is 259 g/mol. The molecular formula is C12H10FN5O. The SMILES string of the molecule is Cn1nc(N)cc(-c2c[nH]c3ncc(F)cc23)c1=O. The Morgan fingerprint density at radius 2 is 2.16 bits per heavy atom. The lowest BCUT2D eigenvalue weighted by atomic mass is 10.1. The first-order valence-electron chi connectivity index (χ1n) is 5.53. The van der Waals surface area contributed by atoms with E-state index in [-0.39, 0.29) is 11.4 Å². The van der Waals surface area contributed by atoms with Gasteiger partial charge in [0.05, 0.1) is 11.8 Å². The van der Waals surface area contributed by atoms with E-state index in [9.17, 15) is 9.18 Å². The van der Waals surface area contributed by atoms with E-state index in [4.69, 9.17) is 5.73 Å². The number of aromatic nitrogens is 4. The summed E-state index contributed by atoms with van der Waals surface area (Å²) in [4.78, 5) is 18.9. The second-order valence-electron chi connectivity index (χ2n) is 4.16. The van der Waals surface area contributed by atoms with Gasteiger partial charge in [0.2, 0.25) is 0 Å². The predicted molar refractivity (Wildman–Crippen MR) is 68.9 cm³/mol. The summed E-state index contributed by atoms with van der Waals surface area (Å²) in [6, 6.07) is 2.79. The van der Waals surface area contributed by atoms with Crippen molar-refractivity contribution in [2.75, 3.05) is 5.73 Å². The lowest BCUT2D eigenvalue weighted by Gasteiger charge is -2.03. The third-order valence-electron chi connectivity index (χ3n) is 2.87. The number of hydrogen-bond donors (Lipinski definition) is 2. The van der Waals surface area contributed by atoms with Crippen molar-refractivity contribution in [1.82, 2.24) is 19.7 Å². The molecule has 0 unspecified atom stereocenters. The Bertz CT molecular complexity index is 836. The molecule has 0 aliphatic carbocycles. The van der Waals surface area contributed by atoms with Gasteiger partial charge in [0.15, 0.2) is 0 Å². The van der Waals surface area contributed by atoms with Crippen LogP contribution in [0.15, 0.2) is 29.3 Å². The molecule has 0 amide bonds. The maximum absolute atomic E-state index is 13.3. The summed E-state index contributed by atoms with van der Waals surface area (Å²) in [7, 11) is 1.51. The molecule has 0 radical (unpaired) electrons. The van der Waals surface area contributed by atoms with Crippen molar-refractivity contribution in [3.63, 3.8) is 0 Å². The minimum absolute atomic E-state index is 0.218. The zero-order valence-corrected chi connectivity index (χ0v) is 10.0. The van der Waals surface area contributed by atoms with Crippen molar-refractivity contribution in [1.29, 1.82) is 0 Å². The smallest absolute Gasteiger partial charge is 0.274 e. The van der Waals surface area contributed by atoms with Crippen LogP contribution in [-0.2, 0) is 7.05 Å². The van der Waals surface area contributed by atoms with Crippen molar-refractivity contribution in [2.24, 2.45) is 7.05 Å². The fraction of sp³-hybridized carbons (Fsp3) is 0.0833. The van der Waals surface area contributed by atoms with Gasteiger partial charge >= 0.3 is 0 Å². The average Bonchev–Trinajstić information content (AvgIpc) is 2.76. The highest BCUT2D eigenvalue weighted by atomic mass is 19.1. The van der Waals surface area contributed by atoms with Gasteiger partial charge in [-0.05, 0) is 12.1 Å². The van der Waals surface area contributed by atoms with Gasteiger partial charge in [-0.2, -0.15) is 5.10 Å². The topological polar surface area (TPSA) is 89.6 Å². The number of anilines is 1. The van der Waals surface area contributed by atoms with E-state index in [1.807, 2.05) is 0 Å². The van der Waals surface area contributed by atoms with Crippen molar-refractivity contribution < 1.29 is 4.39 Å². The quantitative estimate of drug-likeness (QED) is 0.683. The van der Waals surface area contributed by atoms with Gasteiger partial charge in [-0.25, -0.2) is 14.1 Å². The van der Waals surface area contributed by atoms with Crippen LogP contribution in [0.3, 0.4) is 0 Å². The molecule has 3 rings (SSSR count). The highest BCUT2D eigenvalue weighted by Gasteiger charge is 2.13. The summed E-state index contributed by atoms with van der Waals surface area (Å²) in [6.07, 6.45) is 2.72. The number of rotatable bonds is 1. The van der Waals surface area contributed by atoms with Crippen molar-refractivity contribution in [2.45, 2.75) is 0 Å². The van der Waals surface area contributed by atoms with Crippen LogP contribution < -0.4 is 11.3 Å². The van der Waals surface area contributed by atoms with Gasteiger partial charge in [-0.3, -0.25) is 4.79 Å². The van der Waals surface area contributed by atoms with E-state index in [0.29, 0.717) is 22.2 Å². The number of halogens is 1. The Labute approximate surface area is 106 Å². The molecular weight excluding hydrogens is 249 g/mol. The molecule has 0 aliphatic rings. The number of hydrogen-bond acceptors (Lipinski definition) is 4. The first kappa shape index (κ1) is 11.4. The Morgan fingerprint density at radius 1 is 1.37 bits per heavy atom. The lowest BCUT2D eigenvalue weighted by Crippen LogP contribution is -2.22. The third-order valence-corrected chi connectivity index (χ3v) is 2.87. The van der Waals surface area contributed by atoms with E-state index < -0.39 is 5.82 Å². The molecule has 0 bridgehead atoms. The number of aromatic amines is 1. The molecule has 0 aliphatic heterocycles. The molecule has 96 valence electrons. The van der Waals surface area contributed by atoms with E-state index in [0.717, 1.165) is 10.9 Å². The van der Waals surface area contributed by atoms with Crippen LogP contribution in [0, 0.1) is 5.82 Å². The van der Waals surface area contributed by atoms with Crippen molar-refractivity contribution in [3.05, 3.63) is 40.7 Å². The van der Waals surface area contributed by atoms with Gasteiger partial charge in [0, 0.05) is 24.2 Å². The molecule has 3 N–H and O–H groups in total. The number of nitrogen functional groups attached to an aromatic ring is 1. The maximum atomic E-state index is 13.3. The predicted octanol–water partition coefficient (Wildman–Crippen LogP) is 1.04. The molecule has 0 saturated heterocycles. The van der Waals surface area contributed by atoms with Crippen molar-refractivity contribution >= 4 is 16.9 Å². The standard InChI is InChI=1S/C12H10FN5O/c1-18-12(19)8(3-10(14)17-18)9-5-16-11-7(9)2-6(13)4-15-11/h2-5H,1H3,(H2,14,17)(H,15,16). The molecule has 19 heavy (non-hydrogen) atoms. The summed E-state index contributed by atoms with van der Waals surface area (Å²) in [5, 5.41) is 4.35. The van der Waals surface area contributed by atoms with E-state index in [1.165, 1.54) is 19.2 Å². The largest absolute Gasteiger partial charge is 0.382 e. The van der Waals surface area contributed by atoms with Crippen LogP contribution in [0.1, 0.15) is 0 Å². The molecule has 3 aromatic heterocycles. The van der Waals surface area contributed by atoms with Crippen molar-refractivity contribution in [3.8, 4) is 11.1 Å². The van der Waals surface area contributed by atoms with E-state index in [2.05, 4.69) is 15.1 Å². The first-order chi connectivity index (χ1) is 9.06. The number of aryl methyl sites for hydroxylation is 1. The molecule has 7 heteroatoms. The number of fused-ring (bicyclic) bond motifs is 1. The number of nitrogens with two attached hydrogens (primary N) is 1. The summed E-state index contributed by atoms with van der Waals surface area (Å²) < 4.78 is 14.4. The van der Waals surface area contributed by atoms with Gasteiger partial charge < -0.3 is 10.7 Å². The van der Waals surface area contributed by atoms with Crippen LogP contribution in [0.4, 0.5) is 10.2 Å². The van der Waals surface area contributed by atoms with Crippen LogP contribution in [-0.4, -0.2) is 19.7 Å². The summed E-state index contributed by atoms with van der Waals surface area (Å²) in [5.74, 6) is -0.247. The summed E-state index contributed by atoms with van der Waals surface area (Å²) >= 11 is 0. The molecule has 0 aromatic carbocycles. The average molecular weight is 259 g/mol. The molecule has 3 heterocycles. The fourth-order valence-corrected chi connectivity index (χ4v) is 2.03. The molecule has 0 saturated carbocycles. The minimum atomic E-state index is -0.466. The second-order valence-corrected chi connectivity index (χ2v) is 4.16. The molecule has 0 spiro atoms. The number of nitrogens with zero attached hydrogens (tertiary/aromatic N) is 3. The Kier molecular flexibility index (Phi) is 2.34. The van der Waals surface area contributed by atoms with Gasteiger partial charge in [0.1, 0.15) is 17.3 Å². The summed E-state index contributed by atoms with van der Waals surface area (Å²) in [6.45, 7) is 0. The fourth-order valence-electron chi connectivity index (χ4n) is 2.03. The van der Waals surface area contributed by atoms with Crippen LogP contribution in [0.2, 0.25) is 0 Å². The second kappa shape index (κ2) is 3.91. The molecule has 0 atom stereocenters. The Balaban J connectivity index is 2.36. The third kappa shape index (κ3) is 1.75. The minimum Gasteiger partial charge on any atom is -0.382 e. The number of pyridine rings is 1. The normalized spacial score (nSPS) is 11.1. The summed E-state index contributed by atoms with van der Waals surface area (Å²) in [5.41, 5.74) is 6.75. The van der Waals surface area contributed by atoms with Crippen LogP contribution >= 0.6 is 0 Å². The van der Waals surface area contributed by atoms with E-state index in [1.54, 1.807) is 6.20 Å². The van der Waals surface area contributed by atoms with Gasteiger partial charge in [0.25, 0.3) is 5.56 Å². The lowest BCUT2D eigenvalue weighted by molar-refractivity contribution is 0.624. The zero-order valence-electron chi connectivity index (χ0n) is 10.0. The highest BCUT2D eigenvalue weighted by Crippen LogP contribution is 2.26. The molecule has 3 aromatic rings. The zero-order chi connectivity index (χ0) is 13.6. The first-order valence-corrected chi connectivity index (χ1v) is 5.53. The van der Waals surface area contributed by atoms with Crippen LogP contribution in [0.25, 0.3) is 22.2 Å². The number of H-pyrrole nitrogens is 1. The Hall–Kier alpha value is -2.70.